The first-order chi connectivity index (χ1) is 8.95. The summed E-state index contributed by atoms with van der Waals surface area (Å²) in [7, 11) is 1.46. The topological polar surface area (TPSA) is 107 Å². The van der Waals surface area contributed by atoms with E-state index >= 15 is 0 Å². The molecule has 1 aromatic carbocycles. The van der Waals surface area contributed by atoms with Crippen molar-refractivity contribution in [3.05, 3.63) is 39.9 Å². The maximum Gasteiger partial charge on any atom is 0.269 e. The normalized spacial score (nSPS) is 13.6. The van der Waals surface area contributed by atoms with E-state index in [0.717, 1.165) is 0 Å². The van der Waals surface area contributed by atoms with Gasteiger partial charge in [0, 0.05) is 19.2 Å². The monoisotopic (exact) mass is 267 g/mol. The molecule has 0 aliphatic carbocycles. The van der Waals surface area contributed by atoms with Crippen LogP contribution in [0.4, 0.5) is 5.69 Å². The molecule has 7 nitrogen and oxygen atoms in total. The third-order valence-electron chi connectivity index (χ3n) is 2.62. The summed E-state index contributed by atoms with van der Waals surface area (Å²) >= 11 is 0. The number of non-ortho nitro benzene ring substituents is 1. The molecule has 2 unspecified atom stereocenters. The summed E-state index contributed by atoms with van der Waals surface area (Å²) in [4.78, 5) is 21.9. The molecule has 7 heteroatoms. The number of nitrogens with one attached hydrogen (secondary N) is 1. The van der Waals surface area contributed by atoms with E-state index in [1.807, 2.05) is 0 Å². The third-order valence-corrected chi connectivity index (χ3v) is 2.62. The van der Waals surface area contributed by atoms with Gasteiger partial charge in [-0.25, -0.2) is 0 Å². The van der Waals surface area contributed by atoms with Crippen LogP contribution in [0.3, 0.4) is 0 Å². The molecule has 1 amide bonds. The first kappa shape index (κ1) is 15.1. The molecule has 0 spiro atoms. The van der Waals surface area contributed by atoms with E-state index in [1.54, 1.807) is 19.1 Å². The molecule has 0 heterocycles. The van der Waals surface area contributed by atoms with Gasteiger partial charge in [0.1, 0.15) is 6.04 Å². The predicted octanol–water partition coefficient (Wildman–Crippen LogP) is 0.746. The van der Waals surface area contributed by atoms with Gasteiger partial charge in [-0.2, -0.15) is 0 Å². The summed E-state index contributed by atoms with van der Waals surface area (Å²) in [5.41, 5.74) is 6.22. The van der Waals surface area contributed by atoms with Gasteiger partial charge in [0.05, 0.1) is 17.6 Å². The fourth-order valence-corrected chi connectivity index (χ4v) is 1.57. The number of nitrogens with zero attached hydrogens (tertiary/aromatic N) is 1. The first-order valence-electron chi connectivity index (χ1n) is 5.75. The Kier molecular flexibility index (Phi) is 5.40. The lowest BCUT2D eigenvalue weighted by Crippen LogP contribution is -2.44. The Morgan fingerprint density at radius 1 is 1.58 bits per heavy atom. The van der Waals surface area contributed by atoms with Gasteiger partial charge in [0.25, 0.3) is 5.69 Å². The molecule has 0 saturated carbocycles. The van der Waals surface area contributed by atoms with Crippen LogP contribution in [-0.4, -0.2) is 30.6 Å². The highest BCUT2D eigenvalue weighted by molar-refractivity contribution is 5.82. The molecule has 19 heavy (non-hydrogen) atoms. The van der Waals surface area contributed by atoms with Gasteiger partial charge in [-0.1, -0.05) is 12.1 Å². The van der Waals surface area contributed by atoms with E-state index < -0.39 is 11.0 Å². The Balaban J connectivity index is 2.72. The number of hydrogen-bond acceptors (Lipinski definition) is 5. The number of carbonyl (C=O) groups is 1. The van der Waals surface area contributed by atoms with Crippen molar-refractivity contribution in [1.82, 2.24) is 5.32 Å². The maximum atomic E-state index is 11.7. The molecule has 0 aromatic heterocycles. The van der Waals surface area contributed by atoms with Crippen molar-refractivity contribution >= 4 is 11.6 Å². The Morgan fingerprint density at radius 3 is 2.84 bits per heavy atom. The lowest BCUT2D eigenvalue weighted by molar-refractivity contribution is -0.384. The lowest BCUT2D eigenvalue weighted by atomic mass is 10.1. The van der Waals surface area contributed by atoms with Gasteiger partial charge in [0.2, 0.25) is 5.91 Å². The van der Waals surface area contributed by atoms with Crippen LogP contribution in [0, 0.1) is 10.1 Å². The number of ether oxygens (including phenoxy) is 1. The van der Waals surface area contributed by atoms with Crippen molar-refractivity contribution in [3.63, 3.8) is 0 Å². The predicted molar refractivity (Wildman–Crippen MR) is 69.5 cm³/mol. The molecule has 0 aliphatic heterocycles. The molecule has 104 valence electrons. The molecular formula is C12H17N3O4. The van der Waals surface area contributed by atoms with Crippen molar-refractivity contribution in [1.29, 1.82) is 0 Å². The number of carbonyl (C=O) groups excluding carboxylic acids is 1. The number of rotatable bonds is 6. The van der Waals surface area contributed by atoms with Gasteiger partial charge < -0.3 is 15.8 Å². The SMILES string of the molecule is COCC(N)C(=O)NC(C)c1cccc([N+](=O)[O-])c1. The minimum atomic E-state index is -0.758. The lowest BCUT2D eigenvalue weighted by Gasteiger charge is -2.17. The van der Waals surface area contributed by atoms with Crippen LogP contribution < -0.4 is 11.1 Å². The number of nitro groups is 1. The average Bonchev–Trinajstić information content (AvgIpc) is 2.39. The van der Waals surface area contributed by atoms with Crippen LogP contribution in [0.1, 0.15) is 18.5 Å². The van der Waals surface area contributed by atoms with Crippen molar-refractivity contribution in [2.75, 3.05) is 13.7 Å². The molecule has 0 aliphatic rings. The van der Waals surface area contributed by atoms with E-state index in [-0.39, 0.29) is 24.2 Å². The molecule has 3 N–H and O–H groups in total. The highest BCUT2D eigenvalue weighted by Gasteiger charge is 2.17. The highest BCUT2D eigenvalue weighted by Crippen LogP contribution is 2.18. The van der Waals surface area contributed by atoms with Crippen molar-refractivity contribution < 1.29 is 14.5 Å². The molecule has 0 bridgehead atoms. The molecule has 1 aromatic rings. The zero-order valence-corrected chi connectivity index (χ0v) is 10.8. The van der Waals surface area contributed by atoms with Crippen LogP contribution in [0.2, 0.25) is 0 Å². The molecule has 1 rings (SSSR count). The van der Waals surface area contributed by atoms with E-state index in [0.29, 0.717) is 5.56 Å². The number of methoxy groups -OCH3 is 1. The summed E-state index contributed by atoms with van der Waals surface area (Å²) in [5.74, 6) is -0.360. The summed E-state index contributed by atoms with van der Waals surface area (Å²) in [6.45, 7) is 1.85. The minimum absolute atomic E-state index is 0.0141. The second-order valence-corrected chi connectivity index (χ2v) is 4.14. The smallest absolute Gasteiger partial charge is 0.269 e. The summed E-state index contributed by atoms with van der Waals surface area (Å²) in [6.07, 6.45) is 0. The summed E-state index contributed by atoms with van der Waals surface area (Å²) in [5, 5.41) is 13.4. The molecule has 0 radical (unpaired) electrons. The van der Waals surface area contributed by atoms with Gasteiger partial charge in [-0.15, -0.1) is 0 Å². The van der Waals surface area contributed by atoms with Crippen LogP contribution in [0.15, 0.2) is 24.3 Å². The first-order valence-corrected chi connectivity index (χ1v) is 5.75. The average molecular weight is 267 g/mol. The second kappa shape index (κ2) is 6.81. The fourth-order valence-electron chi connectivity index (χ4n) is 1.57. The quantitative estimate of drug-likeness (QED) is 0.584. The molecule has 2 atom stereocenters. The standard InChI is InChI=1S/C12H17N3O4/c1-8(14-12(16)11(13)7-19-2)9-4-3-5-10(6-9)15(17)18/h3-6,8,11H,7,13H2,1-2H3,(H,14,16). The Hall–Kier alpha value is -1.99. The third kappa shape index (κ3) is 4.31. The zero-order chi connectivity index (χ0) is 14.4. The van der Waals surface area contributed by atoms with E-state index in [1.165, 1.54) is 19.2 Å². The second-order valence-electron chi connectivity index (χ2n) is 4.14. The fraction of sp³-hybridized carbons (Fsp3) is 0.417. The van der Waals surface area contributed by atoms with Crippen molar-refractivity contribution in [2.24, 2.45) is 5.73 Å². The van der Waals surface area contributed by atoms with E-state index in [9.17, 15) is 14.9 Å². The molecule has 0 saturated heterocycles. The number of benzene rings is 1. The number of nitro benzene ring substituents is 1. The molecular weight excluding hydrogens is 250 g/mol. The van der Waals surface area contributed by atoms with Crippen molar-refractivity contribution in [3.8, 4) is 0 Å². The van der Waals surface area contributed by atoms with Crippen molar-refractivity contribution in [2.45, 2.75) is 19.0 Å². The maximum absolute atomic E-state index is 11.7. The summed E-state index contributed by atoms with van der Waals surface area (Å²) < 4.78 is 4.79. The Morgan fingerprint density at radius 2 is 2.26 bits per heavy atom. The number of amides is 1. The summed E-state index contributed by atoms with van der Waals surface area (Å²) in [6, 6.07) is 4.98. The van der Waals surface area contributed by atoms with E-state index in [4.69, 9.17) is 10.5 Å². The van der Waals surface area contributed by atoms with Gasteiger partial charge in [-0.3, -0.25) is 14.9 Å². The van der Waals surface area contributed by atoms with Crippen LogP contribution in [-0.2, 0) is 9.53 Å². The van der Waals surface area contributed by atoms with Gasteiger partial charge in [-0.05, 0) is 12.5 Å². The van der Waals surface area contributed by atoms with Crippen LogP contribution >= 0.6 is 0 Å². The molecule has 0 fully saturated rings. The van der Waals surface area contributed by atoms with Crippen LogP contribution in [0.5, 0.6) is 0 Å². The number of hydrogen-bond donors (Lipinski definition) is 2. The zero-order valence-electron chi connectivity index (χ0n) is 10.8. The van der Waals surface area contributed by atoms with Gasteiger partial charge in [0.15, 0.2) is 0 Å². The minimum Gasteiger partial charge on any atom is -0.383 e. The van der Waals surface area contributed by atoms with Gasteiger partial charge >= 0.3 is 0 Å². The Labute approximate surface area is 110 Å². The number of nitrogens with two attached hydrogens (primary N) is 1. The highest BCUT2D eigenvalue weighted by atomic mass is 16.6. The van der Waals surface area contributed by atoms with E-state index in [2.05, 4.69) is 5.32 Å². The van der Waals surface area contributed by atoms with Crippen LogP contribution in [0.25, 0.3) is 0 Å². The largest absolute Gasteiger partial charge is 0.383 e. The Bertz CT molecular complexity index is 464.